The summed E-state index contributed by atoms with van der Waals surface area (Å²) in [6.45, 7) is 6.22. The number of aryl methyl sites for hydroxylation is 2. The van der Waals surface area contributed by atoms with Crippen LogP contribution < -0.4 is 5.32 Å². The van der Waals surface area contributed by atoms with Gasteiger partial charge < -0.3 is 5.32 Å². The maximum Gasteiger partial charge on any atom is 0.220 e. The quantitative estimate of drug-likeness (QED) is 0.855. The first kappa shape index (κ1) is 16.3. The van der Waals surface area contributed by atoms with Crippen LogP contribution in [-0.2, 0) is 17.6 Å². The molecule has 22 heavy (non-hydrogen) atoms. The van der Waals surface area contributed by atoms with Crippen molar-refractivity contribution < 1.29 is 4.79 Å². The number of hydrogen-bond acceptors (Lipinski definition) is 1. The van der Waals surface area contributed by atoms with E-state index < -0.39 is 0 Å². The number of nitrogens with one attached hydrogen (secondary N) is 1. The zero-order valence-corrected chi connectivity index (χ0v) is 13.7. The molecule has 0 bridgehead atoms. The molecular weight excluding hydrogens is 270 g/mol. The van der Waals surface area contributed by atoms with Crippen LogP contribution in [0.5, 0.6) is 0 Å². The molecule has 2 aromatic carbocycles. The summed E-state index contributed by atoms with van der Waals surface area (Å²) >= 11 is 0. The van der Waals surface area contributed by atoms with E-state index in [-0.39, 0.29) is 11.4 Å². The molecule has 2 aromatic rings. The number of benzene rings is 2. The third-order valence-electron chi connectivity index (χ3n) is 3.73. The van der Waals surface area contributed by atoms with Crippen molar-refractivity contribution in [1.82, 2.24) is 5.32 Å². The molecule has 0 aromatic heterocycles. The van der Waals surface area contributed by atoms with E-state index in [2.05, 4.69) is 62.5 Å². The van der Waals surface area contributed by atoms with Gasteiger partial charge in [-0.2, -0.15) is 0 Å². The van der Waals surface area contributed by atoms with Crippen molar-refractivity contribution in [3.05, 3.63) is 71.3 Å². The Morgan fingerprint density at radius 2 is 1.59 bits per heavy atom. The molecule has 0 heterocycles. The number of carbonyl (C=O) groups is 1. The molecule has 0 fully saturated rings. The average molecular weight is 295 g/mol. The van der Waals surface area contributed by atoms with Crippen LogP contribution in [0.2, 0.25) is 0 Å². The van der Waals surface area contributed by atoms with Crippen LogP contribution in [0, 0.1) is 6.92 Å². The van der Waals surface area contributed by atoms with Crippen LogP contribution in [0.3, 0.4) is 0 Å². The first-order valence-electron chi connectivity index (χ1n) is 7.85. The first-order valence-corrected chi connectivity index (χ1v) is 7.85. The topological polar surface area (TPSA) is 29.1 Å². The number of carbonyl (C=O) groups excluding carboxylic acids is 1. The van der Waals surface area contributed by atoms with Gasteiger partial charge in [-0.05, 0) is 44.7 Å². The van der Waals surface area contributed by atoms with Gasteiger partial charge in [0, 0.05) is 12.0 Å². The second-order valence-electron chi connectivity index (χ2n) is 6.58. The highest BCUT2D eigenvalue weighted by atomic mass is 16.1. The molecule has 0 saturated carbocycles. The lowest BCUT2D eigenvalue weighted by molar-refractivity contribution is -0.122. The number of amides is 1. The van der Waals surface area contributed by atoms with Crippen LogP contribution in [-0.4, -0.2) is 11.4 Å². The lowest BCUT2D eigenvalue weighted by Gasteiger charge is -2.26. The Bertz CT molecular complexity index is 599. The van der Waals surface area contributed by atoms with Crippen molar-refractivity contribution in [2.24, 2.45) is 0 Å². The molecule has 0 saturated heterocycles. The summed E-state index contributed by atoms with van der Waals surface area (Å²) in [5.41, 5.74) is 3.47. The Labute approximate surface area is 133 Å². The molecule has 2 rings (SSSR count). The Hall–Kier alpha value is -2.09. The maximum atomic E-state index is 12.2. The van der Waals surface area contributed by atoms with Crippen LogP contribution in [0.1, 0.15) is 37.0 Å². The molecule has 0 atom stereocenters. The van der Waals surface area contributed by atoms with E-state index in [9.17, 15) is 4.79 Å². The van der Waals surface area contributed by atoms with Crippen LogP contribution >= 0.6 is 0 Å². The van der Waals surface area contributed by atoms with Crippen LogP contribution in [0.4, 0.5) is 0 Å². The molecular formula is C20H25NO. The second kappa shape index (κ2) is 7.26. The fourth-order valence-corrected chi connectivity index (χ4v) is 2.60. The van der Waals surface area contributed by atoms with E-state index in [1.165, 1.54) is 16.7 Å². The van der Waals surface area contributed by atoms with Gasteiger partial charge >= 0.3 is 0 Å². The number of hydrogen-bond donors (Lipinski definition) is 1. The lowest BCUT2D eigenvalue weighted by Crippen LogP contribution is -2.45. The minimum Gasteiger partial charge on any atom is -0.351 e. The van der Waals surface area contributed by atoms with Gasteiger partial charge in [-0.15, -0.1) is 0 Å². The minimum atomic E-state index is -0.230. The molecule has 2 nitrogen and oxygen atoms in total. The van der Waals surface area contributed by atoms with Gasteiger partial charge in [-0.3, -0.25) is 4.79 Å². The fourth-order valence-electron chi connectivity index (χ4n) is 2.60. The molecule has 0 aliphatic heterocycles. The molecule has 116 valence electrons. The molecule has 1 amide bonds. The van der Waals surface area contributed by atoms with E-state index in [1.807, 2.05) is 18.2 Å². The van der Waals surface area contributed by atoms with Gasteiger partial charge in [0.25, 0.3) is 0 Å². The predicted octanol–water partition coefficient (Wildman–Crippen LogP) is 4.07. The van der Waals surface area contributed by atoms with Crippen molar-refractivity contribution in [3.63, 3.8) is 0 Å². The van der Waals surface area contributed by atoms with Crippen LogP contribution in [0.25, 0.3) is 0 Å². The number of rotatable bonds is 6. The zero-order valence-electron chi connectivity index (χ0n) is 13.7. The van der Waals surface area contributed by atoms with Gasteiger partial charge in [0.15, 0.2) is 0 Å². The molecule has 0 unspecified atom stereocenters. The van der Waals surface area contributed by atoms with Crippen molar-refractivity contribution >= 4 is 5.91 Å². The van der Waals surface area contributed by atoms with Crippen LogP contribution in [0.15, 0.2) is 54.6 Å². The summed E-state index contributed by atoms with van der Waals surface area (Å²) < 4.78 is 0. The minimum absolute atomic E-state index is 0.113. The van der Waals surface area contributed by atoms with Gasteiger partial charge in [-0.25, -0.2) is 0 Å². The highest BCUT2D eigenvalue weighted by Crippen LogP contribution is 2.13. The largest absolute Gasteiger partial charge is 0.351 e. The maximum absolute atomic E-state index is 12.2. The summed E-state index contributed by atoms with van der Waals surface area (Å²) in [6, 6.07) is 18.6. The van der Waals surface area contributed by atoms with Gasteiger partial charge in [0.05, 0.1) is 0 Å². The van der Waals surface area contributed by atoms with E-state index >= 15 is 0 Å². The molecule has 0 radical (unpaired) electrons. The molecule has 0 aliphatic carbocycles. The monoisotopic (exact) mass is 295 g/mol. The van der Waals surface area contributed by atoms with Gasteiger partial charge in [0.1, 0.15) is 0 Å². The van der Waals surface area contributed by atoms with E-state index in [1.54, 1.807) is 0 Å². The Morgan fingerprint density at radius 3 is 2.23 bits per heavy atom. The normalized spacial score (nSPS) is 11.2. The summed E-state index contributed by atoms with van der Waals surface area (Å²) in [7, 11) is 0. The summed E-state index contributed by atoms with van der Waals surface area (Å²) in [5.74, 6) is 0.113. The molecule has 0 aliphatic rings. The van der Waals surface area contributed by atoms with Crippen molar-refractivity contribution in [2.75, 3.05) is 0 Å². The van der Waals surface area contributed by atoms with E-state index in [0.29, 0.717) is 6.42 Å². The van der Waals surface area contributed by atoms with Gasteiger partial charge in [0.2, 0.25) is 5.91 Å². The Morgan fingerprint density at radius 1 is 0.955 bits per heavy atom. The average Bonchev–Trinajstić information content (AvgIpc) is 2.46. The smallest absolute Gasteiger partial charge is 0.220 e. The lowest BCUT2D eigenvalue weighted by atomic mass is 9.94. The molecule has 2 heteroatoms. The second-order valence-corrected chi connectivity index (χ2v) is 6.58. The van der Waals surface area contributed by atoms with E-state index in [4.69, 9.17) is 0 Å². The van der Waals surface area contributed by atoms with Crippen molar-refractivity contribution in [1.29, 1.82) is 0 Å². The first-order chi connectivity index (χ1) is 10.4. The molecule has 1 N–H and O–H groups in total. The summed E-state index contributed by atoms with van der Waals surface area (Å²) in [6.07, 6.45) is 2.15. The highest BCUT2D eigenvalue weighted by Gasteiger charge is 2.20. The zero-order chi connectivity index (χ0) is 16.0. The van der Waals surface area contributed by atoms with Crippen molar-refractivity contribution in [2.45, 2.75) is 45.6 Å². The summed E-state index contributed by atoms with van der Waals surface area (Å²) in [5, 5.41) is 3.15. The Kier molecular flexibility index (Phi) is 5.37. The SMILES string of the molecule is Cc1ccc(CCC(=O)NC(C)(C)Cc2ccccc2)cc1. The third kappa shape index (κ3) is 5.36. The predicted molar refractivity (Wildman–Crippen MR) is 91.9 cm³/mol. The van der Waals surface area contributed by atoms with Crippen molar-refractivity contribution in [3.8, 4) is 0 Å². The molecule has 0 spiro atoms. The standard InChI is InChI=1S/C20H25NO/c1-16-9-11-17(12-10-16)13-14-19(22)21-20(2,3)15-18-7-5-4-6-8-18/h4-12H,13-15H2,1-3H3,(H,21,22). The fraction of sp³-hybridized carbons (Fsp3) is 0.350. The summed E-state index contributed by atoms with van der Waals surface area (Å²) in [4.78, 5) is 12.2. The van der Waals surface area contributed by atoms with Gasteiger partial charge in [-0.1, -0.05) is 60.2 Å². The highest BCUT2D eigenvalue weighted by molar-refractivity contribution is 5.77. The van der Waals surface area contributed by atoms with E-state index in [0.717, 1.165) is 12.8 Å². The Balaban J connectivity index is 1.83. The third-order valence-corrected chi connectivity index (χ3v) is 3.73.